The Morgan fingerprint density at radius 2 is 0.825 bits per heavy atom. The first-order valence-corrected chi connectivity index (χ1v) is 21.5. The van der Waals surface area contributed by atoms with E-state index >= 15 is 0 Å². The van der Waals surface area contributed by atoms with Gasteiger partial charge in [0.1, 0.15) is 22.3 Å². The SMILES string of the molecule is c1ccc(-c2ccc(-c3cccc4oc5c(-c6cc7c(oc8cccc(N(c9ccc%10ccccc%10c9)c9ccc%10ccccc%10c9)c87)c7ccccc67)cccc5c34)cc2)cc1. The van der Waals surface area contributed by atoms with Crippen LogP contribution in [-0.2, 0) is 0 Å². The van der Waals surface area contributed by atoms with E-state index in [-0.39, 0.29) is 0 Å². The van der Waals surface area contributed by atoms with Crippen LogP contribution < -0.4 is 4.90 Å². The molecule has 0 spiro atoms. The number of rotatable bonds is 6. The number of nitrogens with zero attached hydrogens (tertiary/aromatic N) is 1. The second-order valence-electron chi connectivity index (χ2n) is 16.4. The first-order valence-electron chi connectivity index (χ1n) is 21.5. The van der Waals surface area contributed by atoms with Crippen molar-refractivity contribution in [2.24, 2.45) is 0 Å². The summed E-state index contributed by atoms with van der Waals surface area (Å²) in [7, 11) is 0. The molecule has 0 aliphatic heterocycles. The topological polar surface area (TPSA) is 29.5 Å². The van der Waals surface area contributed by atoms with Crippen molar-refractivity contribution in [3.63, 3.8) is 0 Å². The Morgan fingerprint density at radius 3 is 1.56 bits per heavy atom. The second kappa shape index (κ2) is 14.1. The molecule has 294 valence electrons. The summed E-state index contributed by atoms with van der Waals surface area (Å²) in [4.78, 5) is 2.39. The Hall–Kier alpha value is -8.40. The molecule has 0 bridgehead atoms. The zero-order valence-corrected chi connectivity index (χ0v) is 34.1. The van der Waals surface area contributed by atoms with E-state index in [0.717, 1.165) is 94.0 Å². The van der Waals surface area contributed by atoms with Crippen LogP contribution in [0.3, 0.4) is 0 Å². The molecule has 0 radical (unpaired) electrons. The fourth-order valence-corrected chi connectivity index (χ4v) is 9.87. The van der Waals surface area contributed by atoms with E-state index < -0.39 is 0 Å². The maximum atomic E-state index is 6.95. The Bertz CT molecular complexity index is 3830. The van der Waals surface area contributed by atoms with Crippen molar-refractivity contribution in [1.29, 1.82) is 0 Å². The second-order valence-corrected chi connectivity index (χ2v) is 16.4. The van der Waals surface area contributed by atoms with Crippen molar-refractivity contribution >= 4 is 93.3 Å². The van der Waals surface area contributed by atoms with Crippen LogP contribution in [-0.4, -0.2) is 0 Å². The minimum Gasteiger partial charge on any atom is -0.455 e. The maximum Gasteiger partial charge on any atom is 0.143 e. The van der Waals surface area contributed by atoms with E-state index in [4.69, 9.17) is 8.83 Å². The highest BCUT2D eigenvalue weighted by atomic mass is 16.3. The fourth-order valence-electron chi connectivity index (χ4n) is 9.87. The molecule has 2 aromatic heterocycles. The van der Waals surface area contributed by atoms with Gasteiger partial charge >= 0.3 is 0 Å². The smallest absolute Gasteiger partial charge is 0.143 e. The zero-order chi connectivity index (χ0) is 41.4. The van der Waals surface area contributed by atoms with Crippen molar-refractivity contribution in [2.45, 2.75) is 0 Å². The lowest BCUT2D eigenvalue weighted by Gasteiger charge is -2.27. The van der Waals surface area contributed by atoms with E-state index in [1.807, 2.05) is 0 Å². The summed E-state index contributed by atoms with van der Waals surface area (Å²) < 4.78 is 13.9. The summed E-state index contributed by atoms with van der Waals surface area (Å²) in [5.74, 6) is 0. The number of fused-ring (bicyclic) bond motifs is 10. The van der Waals surface area contributed by atoms with Gasteiger partial charge in [-0.2, -0.15) is 0 Å². The quantitative estimate of drug-likeness (QED) is 0.168. The lowest BCUT2D eigenvalue weighted by Crippen LogP contribution is -2.10. The molecule has 0 saturated carbocycles. The van der Waals surface area contributed by atoms with Gasteiger partial charge < -0.3 is 13.7 Å². The van der Waals surface area contributed by atoms with Crippen LogP contribution in [0, 0.1) is 0 Å². The Morgan fingerprint density at radius 1 is 0.286 bits per heavy atom. The van der Waals surface area contributed by atoms with E-state index in [1.54, 1.807) is 0 Å². The number of furan rings is 2. The van der Waals surface area contributed by atoms with Crippen LogP contribution >= 0.6 is 0 Å². The number of anilines is 3. The van der Waals surface area contributed by atoms with Gasteiger partial charge in [-0.15, -0.1) is 0 Å². The molecule has 0 amide bonds. The summed E-state index contributed by atoms with van der Waals surface area (Å²) in [5, 5.41) is 11.3. The third-order valence-corrected chi connectivity index (χ3v) is 12.8. The van der Waals surface area contributed by atoms with Crippen LogP contribution in [0.4, 0.5) is 17.1 Å². The summed E-state index contributed by atoms with van der Waals surface area (Å²) in [6.07, 6.45) is 0. The van der Waals surface area contributed by atoms with Gasteiger partial charge in [0.2, 0.25) is 0 Å². The average Bonchev–Trinajstić information content (AvgIpc) is 3.94. The van der Waals surface area contributed by atoms with Crippen LogP contribution in [0.1, 0.15) is 0 Å². The molecular weight excluding hydrogens is 767 g/mol. The van der Waals surface area contributed by atoms with Crippen molar-refractivity contribution in [3.05, 3.63) is 224 Å². The molecule has 3 heteroatoms. The number of para-hydroxylation sites is 1. The molecule has 0 aliphatic carbocycles. The lowest BCUT2D eigenvalue weighted by atomic mass is 9.93. The van der Waals surface area contributed by atoms with E-state index in [9.17, 15) is 0 Å². The molecule has 11 aromatic carbocycles. The highest BCUT2D eigenvalue weighted by Gasteiger charge is 2.24. The predicted molar refractivity (Wildman–Crippen MR) is 265 cm³/mol. The standard InChI is InChI=1S/C60H37NO2/c1-2-13-38(14-3-1)41-27-29-42(30-28-41)47-21-11-25-55-57(47)51-23-10-22-50(59(51)62-55)52-37-53-58-54(24-12-26-56(58)63-60(53)49-20-9-8-19-48(49)52)61(45-33-31-39-15-4-6-17-43(39)35-45)46-34-32-40-16-5-7-18-44(40)36-46/h1-37H. The maximum absolute atomic E-state index is 6.95. The number of hydrogen-bond donors (Lipinski definition) is 0. The van der Waals surface area contributed by atoms with Gasteiger partial charge in [-0.25, -0.2) is 0 Å². The molecule has 0 aliphatic rings. The molecular formula is C60H37NO2. The molecule has 0 N–H and O–H groups in total. The highest BCUT2D eigenvalue weighted by molar-refractivity contribution is 6.24. The molecule has 0 unspecified atom stereocenters. The summed E-state index contributed by atoms with van der Waals surface area (Å²) in [5.41, 5.74) is 13.5. The van der Waals surface area contributed by atoms with Gasteiger partial charge in [0.25, 0.3) is 0 Å². The van der Waals surface area contributed by atoms with E-state index in [2.05, 4.69) is 229 Å². The molecule has 63 heavy (non-hydrogen) atoms. The van der Waals surface area contributed by atoms with Gasteiger partial charge in [-0.1, -0.05) is 176 Å². The first-order chi connectivity index (χ1) is 31.2. The average molecular weight is 804 g/mol. The molecule has 13 aromatic rings. The van der Waals surface area contributed by atoms with Crippen LogP contribution in [0.25, 0.3) is 110 Å². The van der Waals surface area contributed by atoms with Gasteiger partial charge in [-0.05, 0) is 103 Å². The van der Waals surface area contributed by atoms with Crippen molar-refractivity contribution in [2.75, 3.05) is 4.90 Å². The third kappa shape index (κ3) is 5.67. The predicted octanol–water partition coefficient (Wildman–Crippen LogP) is 17.4. The molecule has 0 atom stereocenters. The Balaban J connectivity index is 1.04. The van der Waals surface area contributed by atoms with Crippen molar-refractivity contribution < 1.29 is 8.83 Å². The first kappa shape index (κ1) is 35.4. The van der Waals surface area contributed by atoms with Crippen LogP contribution in [0.15, 0.2) is 233 Å². The van der Waals surface area contributed by atoms with Gasteiger partial charge in [0.15, 0.2) is 0 Å². The summed E-state index contributed by atoms with van der Waals surface area (Å²) in [6, 6.07) is 80.3. The minimum atomic E-state index is 0.834. The van der Waals surface area contributed by atoms with Crippen LogP contribution in [0.5, 0.6) is 0 Å². The largest absolute Gasteiger partial charge is 0.455 e. The van der Waals surface area contributed by atoms with Crippen molar-refractivity contribution in [1.82, 2.24) is 0 Å². The van der Waals surface area contributed by atoms with E-state index in [0.29, 0.717) is 0 Å². The Kier molecular flexibility index (Phi) is 7.91. The zero-order valence-electron chi connectivity index (χ0n) is 34.1. The summed E-state index contributed by atoms with van der Waals surface area (Å²) in [6.45, 7) is 0. The van der Waals surface area contributed by atoms with Gasteiger partial charge in [-0.3, -0.25) is 0 Å². The third-order valence-electron chi connectivity index (χ3n) is 12.8. The molecule has 2 heterocycles. The monoisotopic (exact) mass is 803 g/mol. The van der Waals surface area contributed by atoms with E-state index in [1.165, 1.54) is 32.7 Å². The van der Waals surface area contributed by atoms with Gasteiger partial charge in [0, 0.05) is 38.5 Å². The molecule has 3 nitrogen and oxygen atoms in total. The number of hydrogen-bond acceptors (Lipinski definition) is 3. The fraction of sp³-hybridized carbons (Fsp3) is 0. The van der Waals surface area contributed by atoms with Gasteiger partial charge in [0.05, 0.1) is 11.1 Å². The van der Waals surface area contributed by atoms with Crippen LogP contribution in [0.2, 0.25) is 0 Å². The minimum absolute atomic E-state index is 0.834. The molecule has 0 saturated heterocycles. The molecule has 13 rings (SSSR count). The summed E-state index contributed by atoms with van der Waals surface area (Å²) >= 11 is 0. The van der Waals surface area contributed by atoms with Crippen molar-refractivity contribution in [3.8, 4) is 33.4 Å². The normalized spacial score (nSPS) is 11.8. The Labute approximate surface area is 363 Å². The molecule has 0 fully saturated rings. The highest BCUT2D eigenvalue weighted by Crippen LogP contribution is 2.49. The lowest BCUT2D eigenvalue weighted by molar-refractivity contribution is 0.670. The number of benzene rings is 11.